The number of hydrogen-bond acceptors (Lipinski definition) is 5. The summed E-state index contributed by atoms with van der Waals surface area (Å²) >= 11 is 1.44. The Morgan fingerprint density at radius 2 is 2.14 bits per heavy atom. The molecule has 0 aliphatic carbocycles. The topological polar surface area (TPSA) is 107 Å². The lowest BCUT2D eigenvalue weighted by atomic mass is 10.1. The van der Waals surface area contributed by atoms with E-state index < -0.39 is 27.8 Å². The van der Waals surface area contributed by atoms with E-state index in [2.05, 4.69) is 4.72 Å². The Hall–Kier alpha value is -1.56. The maximum atomic E-state index is 12.1. The van der Waals surface area contributed by atoms with E-state index in [0.29, 0.717) is 11.3 Å². The fourth-order valence-corrected chi connectivity index (χ4v) is 3.55. The second-order valence-electron chi connectivity index (χ2n) is 4.32. The van der Waals surface area contributed by atoms with Gasteiger partial charge in [-0.1, -0.05) is 18.2 Å². The highest BCUT2D eigenvalue weighted by molar-refractivity contribution is 7.98. The first kappa shape index (κ1) is 17.5. The molecule has 0 aliphatic rings. The number of nitrogens with one attached hydrogen (secondary N) is 1. The van der Waals surface area contributed by atoms with Crippen LogP contribution >= 0.6 is 11.8 Å². The van der Waals surface area contributed by atoms with Gasteiger partial charge in [0.25, 0.3) is 0 Å². The highest BCUT2D eigenvalue weighted by atomic mass is 32.2. The van der Waals surface area contributed by atoms with Crippen molar-refractivity contribution in [2.24, 2.45) is 0 Å². The molecule has 0 bridgehead atoms. The molecule has 0 saturated carbocycles. The average Bonchev–Trinajstić information content (AvgIpc) is 2.43. The van der Waals surface area contributed by atoms with Crippen LogP contribution in [-0.2, 0) is 20.6 Å². The van der Waals surface area contributed by atoms with Crippen LogP contribution in [0.3, 0.4) is 0 Å². The lowest BCUT2D eigenvalue weighted by Crippen LogP contribution is -2.41. The zero-order valence-corrected chi connectivity index (χ0v) is 13.1. The molecule has 0 heterocycles. The largest absolute Gasteiger partial charge is 0.480 e. The summed E-state index contributed by atoms with van der Waals surface area (Å²) in [5.74, 6) is -1.09. The van der Waals surface area contributed by atoms with E-state index >= 15 is 0 Å². The van der Waals surface area contributed by atoms with Gasteiger partial charge in [-0.05, 0) is 30.1 Å². The van der Waals surface area contributed by atoms with Crippen molar-refractivity contribution in [3.63, 3.8) is 0 Å². The summed E-state index contributed by atoms with van der Waals surface area (Å²) in [6.07, 6.45) is 2.02. The number of nitriles is 1. The number of hydrogen-bond donors (Lipinski definition) is 2. The minimum absolute atomic E-state index is 0.204. The van der Waals surface area contributed by atoms with Crippen LogP contribution in [-0.4, -0.2) is 37.5 Å². The van der Waals surface area contributed by atoms with Crippen molar-refractivity contribution < 1.29 is 18.3 Å². The molecule has 0 unspecified atom stereocenters. The predicted molar refractivity (Wildman–Crippen MR) is 81.3 cm³/mol. The monoisotopic (exact) mass is 328 g/mol. The molecule has 114 valence electrons. The van der Waals surface area contributed by atoms with Gasteiger partial charge in [0.15, 0.2) is 0 Å². The third kappa shape index (κ3) is 5.75. The Labute approximate surface area is 128 Å². The number of nitrogens with zero attached hydrogens (tertiary/aromatic N) is 1. The van der Waals surface area contributed by atoms with Gasteiger partial charge in [0, 0.05) is 0 Å². The molecule has 0 aliphatic heterocycles. The number of carbonyl (C=O) groups is 1. The molecule has 0 fully saturated rings. The first-order valence-corrected chi connectivity index (χ1v) is 9.14. The van der Waals surface area contributed by atoms with E-state index in [9.17, 15) is 13.2 Å². The van der Waals surface area contributed by atoms with Gasteiger partial charge >= 0.3 is 5.97 Å². The predicted octanol–water partition coefficient (Wildman–Crippen LogP) is 1.18. The SMILES string of the molecule is CSCC[C@@H](NS(=O)(=O)Cc1ccccc1C#N)C(=O)O. The van der Waals surface area contributed by atoms with E-state index in [1.165, 1.54) is 23.9 Å². The molecule has 1 aromatic rings. The van der Waals surface area contributed by atoms with E-state index in [1.807, 2.05) is 12.3 Å². The number of rotatable bonds is 8. The van der Waals surface area contributed by atoms with Crippen molar-refractivity contribution in [2.45, 2.75) is 18.2 Å². The summed E-state index contributed by atoms with van der Waals surface area (Å²) in [6.45, 7) is 0. The quantitative estimate of drug-likeness (QED) is 0.742. The molecule has 0 saturated heterocycles. The van der Waals surface area contributed by atoms with Crippen LogP contribution in [0.15, 0.2) is 24.3 Å². The van der Waals surface area contributed by atoms with E-state index in [4.69, 9.17) is 10.4 Å². The molecule has 1 atom stereocenters. The molecular formula is C13H16N2O4S2. The van der Waals surface area contributed by atoms with Crippen LogP contribution in [0.25, 0.3) is 0 Å². The first-order valence-electron chi connectivity index (χ1n) is 6.09. The van der Waals surface area contributed by atoms with Gasteiger partial charge in [0.05, 0.1) is 17.4 Å². The highest BCUT2D eigenvalue weighted by Gasteiger charge is 2.24. The molecule has 1 rings (SSSR count). The standard InChI is InChI=1S/C13H16N2O4S2/c1-20-7-6-12(13(16)17)15-21(18,19)9-11-5-3-2-4-10(11)8-14/h2-5,12,15H,6-7,9H2,1H3,(H,16,17)/t12-/m1/s1. The summed E-state index contributed by atoms with van der Waals surface area (Å²) in [6, 6.07) is 7.09. The molecule has 2 N–H and O–H groups in total. The van der Waals surface area contributed by atoms with E-state index in [0.717, 1.165) is 0 Å². The van der Waals surface area contributed by atoms with Crippen LogP contribution < -0.4 is 4.72 Å². The smallest absolute Gasteiger partial charge is 0.321 e. The second kappa shape index (κ2) is 8.02. The zero-order valence-electron chi connectivity index (χ0n) is 11.4. The van der Waals surface area contributed by atoms with Crippen LogP contribution in [0.2, 0.25) is 0 Å². The first-order chi connectivity index (χ1) is 9.89. The van der Waals surface area contributed by atoms with Crippen LogP contribution in [0.5, 0.6) is 0 Å². The third-order valence-electron chi connectivity index (χ3n) is 2.71. The summed E-state index contributed by atoms with van der Waals surface area (Å²) in [7, 11) is -3.83. The summed E-state index contributed by atoms with van der Waals surface area (Å²) in [5.41, 5.74) is 0.611. The number of aliphatic carboxylic acids is 1. The minimum atomic E-state index is -3.83. The number of carboxylic acids is 1. The Kier molecular flexibility index (Phi) is 6.68. The van der Waals surface area contributed by atoms with Crippen LogP contribution in [0.4, 0.5) is 0 Å². The maximum Gasteiger partial charge on any atom is 0.321 e. The highest BCUT2D eigenvalue weighted by Crippen LogP contribution is 2.12. The average molecular weight is 328 g/mol. The number of thioether (sulfide) groups is 1. The molecular weight excluding hydrogens is 312 g/mol. The molecule has 0 radical (unpaired) electrons. The lowest BCUT2D eigenvalue weighted by molar-refractivity contribution is -0.139. The van der Waals surface area contributed by atoms with Crippen molar-refractivity contribution in [3.8, 4) is 6.07 Å². The number of sulfonamides is 1. The summed E-state index contributed by atoms with van der Waals surface area (Å²) in [5, 5.41) is 18.0. The number of carboxylic acid groups (broad SMARTS) is 1. The summed E-state index contributed by atoms with van der Waals surface area (Å²) in [4.78, 5) is 11.1. The van der Waals surface area contributed by atoms with Crippen LogP contribution in [0, 0.1) is 11.3 Å². The van der Waals surface area contributed by atoms with Crippen molar-refractivity contribution in [2.75, 3.05) is 12.0 Å². The third-order valence-corrected chi connectivity index (χ3v) is 4.69. The van der Waals surface area contributed by atoms with Gasteiger partial charge in [-0.25, -0.2) is 13.1 Å². The van der Waals surface area contributed by atoms with Crippen molar-refractivity contribution in [1.29, 1.82) is 5.26 Å². The maximum absolute atomic E-state index is 12.1. The molecule has 0 spiro atoms. The molecule has 0 aromatic heterocycles. The second-order valence-corrected chi connectivity index (χ2v) is 7.06. The Balaban J connectivity index is 2.86. The lowest BCUT2D eigenvalue weighted by Gasteiger charge is -2.14. The normalized spacial score (nSPS) is 12.6. The van der Waals surface area contributed by atoms with Crippen molar-refractivity contribution in [1.82, 2.24) is 4.72 Å². The van der Waals surface area contributed by atoms with Crippen LogP contribution in [0.1, 0.15) is 17.5 Å². The van der Waals surface area contributed by atoms with Gasteiger partial charge in [-0.15, -0.1) is 0 Å². The van der Waals surface area contributed by atoms with Crippen molar-refractivity contribution >= 4 is 27.8 Å². The molecule has 8 heteroatoms. The summed E-state index contributed by atoms with van der Waals surface area (Å²) < 4.78 is 26.3. The fraction of sp³-hybridized carbons (Fsp3) is 0.385. The van der Waals surface area contributed by atoms with Gasteiger partial charge in [0.2, 0.25) is 10.0 Å². The van der Waals surface area contributed by atoms with E-state index in [1.54, 1.807) is 12.1 Å². The van der Waals surface area contributed by atoms with Gasteiger partial charge in [-0.2, -0.15) is 17.0 Å². The Morgan fingerprint density at radius 1 is 1.48 bits per heavy atom. The molecule has 1 aromatic carbocycles. The van der Waals surface area contributed by atoms with Gasteiger partial charge in [0.1, 0.15) is 6.04 Å². The Morgan fingerprint density at radius 3 is 2.71 bits per heavy atom. The minimum Gasteiger partial charge on any atom is -0.480 e. The Bertz CT molecular complexity index is 638. The number of benzene rings is 1. The fourth-order valence-electron chi connectivity index (χ4n) is 1.69. The molecule has 6 nitrogen and oxygen atoms in total. The van der Waals surface area contributed by atoms with Gasteiger partial charge < -0.3 is 5.11 Å². The molecule has 21 heavy (non-hydrogen) atoms. The molecule has 0 amide bonds. The van der Waals surface area contributed by atoms with Gasteiger partial charge in [-0.3, -0.25) is 4.79 Å². The van der Waals surface area contributed by atoms with E-state index in [-0.39, 0.29) is 12.0 Å². The zero-order chi connectivity index (χ0) is 15.9. The van der Waals surface area contributed by atoms with Crippen molar-refractivity contribution in [3.05, 3.63) is 35.4 Å².